The number of allylic oxidation sites excluding steroid dienone is 1. The lowest BCUT2D eigenvalue weighted by Gasteiger charge is -2.10. The van der Waals surface area contributed by atoms with E-state index in [4.69, 9.17) is 11.6 Å². The number of Topliss-reactive ketones (excluding diaryl/α,β-unsaturated/α-hetero) is 1. The summed E-state index contributed by atoms with van der Waals surface area (Å²) in [5.41, 5.74) is 2.88. The molecule has 0 fully saturated rings. The Morgan fingerprint density at radius 1 is 1.35 bits per heavy atom. The quantitative estimate of drug-likeness (QED) is 0.671. The molecule has 4 heteroatoms. The van der Waals surface area contributed by atoms with Crippen LogP contribution < -0.4 is 0 Å². The van der Waals surface area contributed by atoms with Crippen molar-refractivity contribution in [2.45, 2.75) is 12.8 Å². The van der Waals surface area contributed by atoms with Crippen LogP contribution >= 0.6 is 23.5 Å². The van der Waals surface area contributed by atoms with Gasteiger partial charge in [0.05, 0.1) is 0 Å². The maximum atomic E-state index is 12.4. The smallest absolute Gasteiger partial charge is 0.191 e. The molecule has 88 valence electrons. The first-order chi connectivity index (χ1) is 8.15. The maximum Gasteiger partial charge on any atom is 0.191 e. The van der Waals surface area contributed by atoms with Crippen molar-refractivity contribution in [1.29, 1.82) is 0 Å². The summed E-state index contributed by atoms with van der Waals surface area (Å²) in [4.78, 5) is 13.7. The fourth-order valence-electron chi connectivity index (χ4n) is 2.38. The van der Waals surface area contributed by atoms with E-state index in [1.54, 1.807) is 18.0 Å². The first-order valence-electron chi connectivity index (χ1n) is 5.59. The molecular weight excluding hydrogens is 254 g/mol. The minimum atomic E-state index is 0.181. The number of aryl methyl sites for hydroxylation is 1. The van der Waals surface area contributed by atoms with Gasteiger partial charge < -0.3 is 0 Å². The zero-order chi connectivity index (χ0) is 12.0. The van der Waals surface area contributed by atoms with Gasteiger partial charge in [-0.3, -0.25) is 4.79 Å². The van der Waals surface area contributed by atoms with Gasteiger partial charge >= 0.3 is 0 Å². The van der Waals surface area contributed by atoms with Gasteiger partial charge in [-0.2, -0.15) is 0 Å². The molecule has 0 N–H and O–H groups in total. The summed E-state index contributed by atoms with van der Waals surface area (Å²) in [5.74, 6) is 0.181. The Morgan fingerprint density at radius 2 is 2.18 bits per heavy atom. The van der Waals surface area contributed by atoms with Gasteiger partial charge in [-0.25, -0.2) is 4.31 Å². The van der Waals surface area contributed by atoms with Gasteiger partial charge in [0.15, 0.2) is 5.78 Å². The number of fused-ring (bicyclic) bond motifs is 1. The molecule has 0 saturated carbocycles. The van der Waals surface area contributed by atoms with Crippen molar-refractivity contribution >= 4 is 29.3 Å². The third-order valence-corrected chi connectivity index (χ3v) is 4.54. The highest BCUT2D eigenvalue weighted by atomic mass is 35.5. The van der Waals surface area contributed by atoms with Crippen LogP contribution in [0.4, 0.5) is 0 Å². The molecule has 0 radical (unpaired) electrons. The monoisotopic (exact) mass is 265 g/mol. The summed E-state index contributed by atoms with van der Waals surface area (Å²) in [6.07, 6.45) is 1.85. The van der Waals surface area contributed by atoms with E-state index in [0.29, 0.717) is 5.02 Å². The Morgan fingerprint density at radius 3 is 3.00 bits per heavy atom. The molecule has 2 aliphatic rings. The van der Waals surface area contributed by atoms with Crippen LogP contribution in [-0.2, 0) is 6.42 Å². The lowest BCUT2D eigenvalue weighted by atomic mass is 9.99. The van der Waals surface area contributed by atoms with E-state index in [2.05, 4.69) is 4.31 Å². The van der Waals surface area contributed by atoms with Crippen LogP contribution in [0.5, 0.6) is 0 Å². The van der Waals surface area contributed by atoms with Gasteiger partial charge in [-0.15, -0.1) is 0 Å². The van der Waals surface area contributed by atoms with Crippen molar-refractivity contribution in [3.63, 3.8) is 0 Å². The number of hydrogen-bond donors (Lipinski definition) is 0. The predicted octanol–water partition coefficient (Wildman–Crippen LogP) is 3.32. The van der Waals surface area contributed by atoms with E-state index < -0.39 is 0 Å². The molecule has 0 unspecified atom stereocenters. The van der Waals surface area contributed by atoms with Gasteiger partial charge in [0.2, 0.25) is 0 Å². The molecule has 1 heterocycles. The summed E-state index contributed by atoms with van der Waals surface area (Å²) in [5, 5.41) is 0.711. The van der Waals surface area contributed by atoms with Crippen molar-refractivity contribution in [2.24, 2.45) is 0 Å². The van der Waals surface area contributed by atoms with Crippen molar-refractivity contribution in [3.05, 3.63) is 44.8 Å². The second-order valence-electron chi connectivity index (χ2n) is 4.41. The van der Waals surface area contributed by atoms with E-state index in [-0.39, 0.29) is 5.78 Å². The van der Waals surface area contributed by atoms with Crippen molar-refractivity contribution < 1.29 is 4.79 Å². The van der Waals surface area contributed by atoms with Crippen LogP contribution in [0.15, 0.2) is 28.7 Å². The fraction of sp³-hybridized carbons (Fsp3) is 0.308. The number of benzene rings is 1. The molecule has 0 atom stereocenters. The van der Waals surface area contributed by atoms with Crippen LogP contribution in [-0.4, -0.2) is 23.7 Å². The van der Waals surface area contributed by atoms with Gasteiger partial charge in [-0.1, -0.05) is 11.6 Å². The Kier molecular flexibility index (Phi) is 2.77. The van der Waals surface area contributed by atoms with Crippen LogP contribution in [0.25, 0.3) is 0 Å². The van der Waals surface area contributed by atoms with Gasteiger partial charge in [0, 0.05) is 27.6 Å². The molecule has 1 aromatic rings. The lowest BCUT2D eigenvalue weighted by Crippen LogP contribution is -2.13. The van der Waals surface area contributed by atoms with E-state index in [9.17, 15) is 4.79 Å². The molecule has 0 spiro atoms. The van der Waals surface area contributed by atoms with Gasteiger partial charge in [-0.05, 0) is 55.6 Å². The third kappa shape index (κ3) is 1.92. The number of carbonyl (C=O) groups is 1. The Hall–Kier alpha value is -0.770. The van der Waals surface area contributed by atoms with Crippen molar-refractivity contribution in [2.75, 3.05) is 13.6 Å². The number of halogens is 1. The van der Waals surface area contributed by atoms with Gasteiger partial charge in [0.25, 0.3) is 0 Å². The molecule has 1 aromatic carbocycles. The van der Waals surface area contributed by atoms with E-state index in [0.717, 1.165) is 36.1 Å². The Bertz CT molecular complexity index is 538. The minimum Gasteiger partial charge on any atom is -0.289 e. The largest absolute Gasteiger partial charge is 0.289 e. The Balaban J connectivity index is 2.07. The SMILES string of the molecule is CN1CC2=C(CCc3cc(Cl)ccc3C2=O)S1. The van der Waals surface area contributed by atoms with Crippen molar-refractivity contribution in [1.82, 2.24) is 4.31 Å². The average molecular weight is 266 g/mol. The van der Waals surface area contributed by atoms with Crippen LogP contribution in [0.1, 0.15) is 22.3 Å². The topological polar surface area (TPSA) is 20.3 Å². The van der Waals surface area contributed by atoms with Crippen LogP contribution in [0.2, 0.25) is 5.02 Å². The zero-order valence-electron chi connectivity index (χ0n) is 9.50. The predicted molar refractivity (Wildman–Crippen MR) is 71.4 cm³/mol. The molecule has 0 aromatic heterocycles. The number of nitrogens with zero attached hydrogens (tertiary/aromatic N) is 1. The van der Waals surface area contributed by atoms with E-state index in [1.165, 1.54) is 4.91 Å². The third-order valence-electron chi connectivity index (χ3n) is 3.19. The minimum absolute atomic E-state index is 0.181. The zero-order valence-corrected chi connectivity index (χ0v) is 11.1. The summed E-state index contributed by atoms with van der Waals surface area (Å²) in [7, 11) is 2.02. The molecule has 0 saturated heterocycles. The van der Waals surface area contributed by atoms with E-state index in [1.807, 2.05) is 19.2 Å². The second-order valence-corrected chi connectivity index (χ2v) is 6.14. The first kappa shape index (κ1) is 11.3. The summed E-state index contributed by atoms with van der Waals surface area (Å²) in [6, 6.07) is 5.58. The number of ketones is 1. The standard InChI is InChI=1S/C13H12ClNOS/c1-15-7-11-12(17-15)5-2-8-6-9(14)3-4-10(8)13(11)16/h3-4,6H,2,5,7H2,1H3. The first-order valence-corrected chi connectivity index (χ1v) is 6.74. The molecule has 17 heavy (non-hydrogen) atoms. The summed E-state index contributed by atoms with van der Waals surface area (Å²) < 4.78 is 2.11. The highest BCUT2D eigenvalue weighted by Crippen LogP contribution is 2.39. The fourth-order valence-corrected chi connectivity index (χ4v) is 3.61. The van der Waals surface area contributed by atoms with Gasteiger partial charge in [0.1, 0.15) is 0 Å². The number of hydrogen-bond acceptors (Lipinski definition) is 3. The number of carbonyl (C=O) groups excluding carboxylic acids is 1. The average Bonchev–Trinajstić information content (AvgIpc) is 2.62. The highest BCUT2D eigenvalue weighted by molar-refractivity contribution is 8.01. The normalized spacial score (nSPS) is 20.2. The lowest BCUT2D eigenvalue weighted by molar-refractivity contribution is 0.103. The Labute approximate surface area is 110 Å². The maximum absolute atomic E-state index is 12.4. The summed E-state index contributed by atoms with van der Waals surface area (Å²) in [6.45, 7) is 0.751. The highest BCUT2D eigenvalue weighted by Gasteiger charge is 2.29. The second kappa shape index (κ2) is 4.16. The molecule has 0 amide bonds. The molecule has 2 nitrogen and oxygen atoms in total. The molecular formula is C13H12ClNOS. The van der Waals surface area contributed by atoms with Crippen LogP contribution in [0, 0.1) is 0 Å². The van der Waals surface area contributed by atoms with Crippen LogP contribution in [0.3, 0.4) is 0 Å². The van der Waals surface area contributed by atoms with Crippen molar-refractivity contribution in [3.8, 4) is 0 Å². The summed E-state index contributed by atoms with van der Waals surface area (Å²) >= 11 is 7.68. The molecule has 1 aliphatic heterocycles. The number of likely N-dealkylation sites (N-methyl/N-ethyl adjacent to an activating group) is 1. The number of rotatable bonds is 0. The molecule has 1 aliphatic carbocycles. The molecule has 0 bridgehead atoms. The van der Waals surface area contributed by atoms with E-state index >= 15 is 0 Å². The molecule has 3 rings (SSSR count).